The predicted octanol–water partition coefficient (Wildman–Crippen LogP) is 2.63. The number of alkyl halides is 1. The molecule has 1 N–H and O–H groups in total. The third-order valence-electron chi connectivity index (χ3n) is 2.09. The van der Waals surface area contributed by atoms with Crippen molar-refractivity contribution in [2.24, 2.45) is 0 Å². The first-order chi connectivity index (χ1) is 7.00. The van der Waals surface area contributed by atoms with Crippen LogP contribution < -0.4 is 5.32 Å². The average molecular weight is 230 g/mol. The number of carbonyl (C=O) groups excluding carboxylic acids is 1. The first-order valence-corrected chi connectivity index (χ1v) is 5.14. The summed E-state index contributed by atoms with van der Waals surface area (Å²) in [5, 5.41) is 2.16. The molecule has 0 aliphatic rings. The van der Waals surface area contributed by atoms with Crippen molar-refractivity contribution in [3.05, 3.63) is 35.6 Å². The summed E-state index contributed by atoms with van der Waals surface area (Å²) >= 11 is 5.61. The van der Waals surface area contributed by atoms with Gasteiger partial charge in [-0.2, -0.15) is 0 Å². The molecule has 2 atom stereocenters. The van der Waals surface area contributed by atoms with Gasteiger partial charge in [-0.05, 0) is 31.5 Å². The van der Waals surface area contributed by atoms with Gasteiger partial charge in [0.2, 0.25) is 5.91 Å². The third-order valence-corrected chi connectivity index (χ3v) is 2.29. The van der Waals surface area contributed by atoms with E-state index in [0.717, 1.165) is 5.56 Å². The van der Waals surface area contributed by atoms with Crippen LogP contribution >= 0.6 is 11.6 Å². The zero-order valence-electron chi connectivity index (χ0n) is 8.63. The zero-order chi connectivity index (χ0) is 11.4. The summed E-state index contributed by atoms with van der Waals surface area (Å²) in [5.41, 5.74) is 0.849. The molecular formula is C11H13ClFNO. The number of halogens is 2. The summed E-state index contributed by atoms with van der Waals surface area (Å²) < 4.78 is 12.6. The SMILES string of the molecule is CC(Cl)C(=O)N[C@@H](C)c1ccc(F)cc1. The first-order valence-electron chi connectivity index (χ1n) is 4.70. The maximum absolute atomic E-state index is 12.6. The molecule has 1 aromatic carbocycles. The summed E-state index contributed by atoms with van der Waals surface area (Å²) in [6.45, 7) is 3.43. The van der Waals surface area contributed by atoms with Gasteiger partial charge in [-0.15, -0.1) is 11.6 Å². The van der Waals surface area contributed by atoms with E-state index in [9.17, 15) is 9.18 Å². The lowest BCUT2D eigenvalue weighted by Gasteiger charge is -2.15. The fourth-order valence-electron chi connectivity index (χ4n) is 1.16. The molecule has 0 aliphatic carbocycles. The molecular weight excluding hydrogens is 217 g/mol. The molecule has 82 valence electrons. The van der Waals surface area contributed by atoms with Gasteiger partial charge in [0.25, 0.3) is 0 Å². The van der Waals surface area contributed by atoms with Crippen LogP contribution in [0.1, 0.15) is 25.5 Å². The molecule has 1 aromatic rings. The molecule has 0 bridgehead atoms. The van der Waals surface area contributed by atoms with Crippen molar-refractivity contribution in [2.75, 3.05) is 0 Å². The van der Waals surface area contributed by atoms with Crippen molar-refractivity contribution in [1.82, 2.24) is 5.32 Å². The van der Waals surface area contributed by atoms with Gasteiger partial charge in [0, 0.05) is 0 Å². The average Bonchev–Trinajstić information content (AvgIpc) is 2.18. The van der Waals surface area contributed by atoms with E-state index in [1.54, 1.807) is 19.1 Å². The lowest BCUT2D eigenvalue weighted by atomic mass is 10.1. The Morgan fingerprint density at radius 3 is 2.33 bits per heavy atom. The highest BCUT2D eigenvalue weighted by Gasteiger charge is 2.13. The third kappa shape index (κ3) is 3.51. The Morgan fingerprint density at radius 2 is 1.87 bits per heavy atom. The van der Waals surface area contributed by atoms with Crippen molar-refractivity contribution < 1.29 is 9.18 Å². The number of rotatable bonds is 3. The van der Waals surface area contributed by atoms with Gasteiger partial charge in [-0.1, -0.05) is 12.1 Å². The number of amides is 1. The molecule has 0 radical (unpaired) electrons. The largest absolute Gasteiger partial charge is 0.348 e. The van der Waals surface area contributed by atoms with E-state index in [4.69, 9.17) is 11.6 Å². The Bertz CT molecular complexity index is 337. The van der Waals surface area contributed by atoms with Crippen LogP contribution in [0.15, 0.2) is 24.3 Å². The van der Waals surface area contributed by atoms with Gasteiger partial charge in [0.1, 0.15) is 11.2 Å². The van der Waals surface area contributed by atoms with Gasteiger partial charge in [0.05, 0.1) is 6.04 Å². The Morgan fingerprint density at radius 1 is 1.33 bits per heavy atom. The molecule has 2 nitrogen and oxygen atoms in total. The molecule has 4 heteroatoms. The van der Waals surface area contributed by atoms with Gasteiger partial charge in [-0.3, -0.25) is 4.79 Å². The van der Waals surface area contributed by atoms with E-state index >= 15 is 0 Å². The highest BCUT2D eigenvalue weighted by atomic mass is 35.5. The smallest absolute Gasteiger partial charge is 0.238 e. The molecule has 15 heavy (non-hydrogen) atoms. The van der Waals surface area contributed by atoms with Crippen LogP contribution in [0.25, 0.3) is 0 Å². The second kappa shape index (κ2) is 5.12. The minimum absolute atomic E-state index is 0.167. The molecule has 0 fully saturated rings. The fraction of sp³-hybridized carbons (Fsp3) is 0.364. The predicted molar refractivity (Wildman–Crippen MR) is 58.3 cm³/mol. The van der Waals surface area contributed by atoms with Gasteiger partial charge < -0.3 is 5.32 Å². The Hall–Kier alpha value is -1.09. The number of benzene rings is 1. The summed E-state index contributed by atoms with van der Waals surface area (Å²) in [4.78, 5) is 11.3. The lowest BCUT2D eigenvalue weighted by Crippen LogP contribution is -2.31. The van der Waals surface area contributed by atoms with Crippen molar-refractivity contribution in [1.29, 1.82) is 0 Å². The second-order valence-electron chi connectivity index (χ2n) is 3.40. The lowest BCUT2D eigenvalue weighted by molar-refractivity contribution is -0.121. The van der Waals surface area contributed by atoms with E-state index < -0.39 is 5.38 Å². The number of hydrogen-bond donors (Lipinski definition) is 1. The van der Waals surface area contributed by atoms with E-state index in [1.165, 1.54) is 12.1 Å². The normalized spacial score (nSPS) is 14.4. The zero-order valence-corrected chi connectivity index (χ0v) is 9.38. The Labute approximate surface area is 93.4 Å². The maximum atomic E-state index is 12.6. The molecule has 0 heterocycles. The van der Waals surface area contributed by atoms with Crippen LogP contribution in [0.5, 0.6) is 0 Å². The minimum Gasteiger partial charge on any atom is -0.348 e. The summed E-state index contributed by atoms with van der Waals surface area (Å²) in [6.07, 6.45) is 0. The van der Waals surface area contributed by atoms with Crippen molar-refractivity contribution in [3.63, 3.8) is 0 Å². The maximum Gasteiger partial charge on any atom is 0.238 e. The van der Waals surface area contributed by atoms with Crippen LogP contribution in [0.3, 0.4) is 0 Å². The topological polar surface area (TPSA) is 29.1 Å². The van der Waals surface area contributed by atoms with Gasteiger partial charge in [0.15, 0.2) is 0 Å². The first kappa shape index (κ1) is 12.0. The summed E-state index contributed by atoms with van der Waals surface area (Å²) in [5.74, 6) is -0.517. The van der Waals surface area contributed by atoms with Gasteiger partial charge >= 0.3 is 0 Å². The van der Waals surface area contributed by atoms with E-state index in [1.807, 2.05) is 6.92 Å². The Kier molecular flexibility index (Phi) is 4.09. The van der Waals surface area contributed by atoms with Crippen LogP contribution in [0, 0.1) is 5.82 Å². The highest BCUT2D eigenvalue weighted by Crippen LogP contribution is 2.13. The monoisotopic (exact) mass is 229 g/mol. The molecule has 1 amide bonds. The van der Waals surface area contributed by atoms with Crippen LogP contribution in [-0.2, 0) is 4.79 Å². The van der Waals surface area contributed by atoms with Crippen LogP contribution in [-0.4, -0.2) is 11.3 Å². The number of carbonyl (C=O) groups is 1. The van der Waals surface area contributed by atoms with Crippen molar-refractivity contribution >= 4 is 17.5 Å². The number of nitrogens with one attached hydrogen (secondary N) is 1. The minimum atomic E-state index is -0.562. The molecule has 1 unspecified atom stereocenters. The van der Waals surface area contributed by atoms with E-state index in [2.05, 4.69) is 5.32 Å². The molecule has 0 saturated heterocycles. The quantitative estimate of drug-likeness (QED) is 0.794. The van der Waals surface area contributed by atoms with Crippen molar-refractivity contribution in [2.45, 2.75) is 25.3 Å². The highest BCUT2D eigenvalue weighted by molar-refractivity contribution is 6.30. The van der Waals surface area contributed by atoms with Crippen molar-refractivity contribution in [3.8, 4) is 0 Å². The summed E-state index contributed by atoms with van der Waals surface area (Å²) in [6, 6.07) is 5.84. The van der Waals surface area contributed by atoms with E-state index in [-0.39, 0.29) is 17.8 Å². The molecule has 0 saturated carbocycles. The fourth-order valence-corrected chi connectivity index (χ4v) is 1.23. The molecule has 1 rings (SSSR count). The second-order valence-corrected chi connectivity index (χ2v) is 4.05. The summed E-state index contributed by atoms with van der Waals surface area (Å²) in [7, 11) is 0. The van der Waals surface area contributed by atoms with Crippen LogP contribution in [0.2, 0.25) is 0 Å². The number of hydrogen-bond acceptors (Lipinski definition) is 1. The molecule has 0 spiro atoms. The molecule has 0 aromatic heterocycles. The molecule has 0 aliphatic heterocycles. The van der Waals surface area contributed by atoms with E-state index in [0.29, 0.717) is 0 Å². The Balaban J connectivity index is 2.65. The standard InChI is InChI=1S/C11H13ClFNO/c1-7(12)11(15)14-8(2)9-3-5-10(13)6-4-9/h3-8H,1-2H3,(H,14,15)/t7?,8-/m0/s1. The van der Waals surface area contributed by atoms with Crippen LogP contribution in [0.4, 0.5) is 4.39 Å². The van der Waals surface area contributed by atoms with Gasteiger partial charge in [-0.25, -0.2) is 4.39 Å².